The maximum Gasteiger partial charge on any atom is 0.243 e. The van der Waals surface area contributed by atoms with Gasteiger partial charge in [0, 0.05) is 25.8 Å². The van der Waals surface area contributed by atoms with Crippen LogP contribution in [0.15, 0.2) is 58.3 Å². The average Bonchev–Trinajstić information content (AvgIpc) is 2.73. The zero-order valence-corrected chi connectivity index (χ0v) is 21.0. The van der Waals surface area contributed by atoms with Crippen LogP contribution in [0.4, 0.5) is 5.69 Å². The molecular weight excluding hydrogens is 462 g/mol. The highest BCUT2D eigenvalue weighted by atomic mass is 32.2. The standard InChI is InChI=1S/C23H31N3O5S2/c1-17-5-9-21(10-6-17)32(28,29)25(4)16-23(27)24-20-7-11-22(12-8-20)33(30,31)26-14-18(2)13-19(3)15-26/h5-12,18-19H,13-16H2,1-4H3,(H,24,27)/t18-,19-/m0/s1. The Bertz CT molecular complexity index is 1180. The number of benzene rings is 2. The summed E-state index contributed by atoms with van der Waals surface area (Å²) < 4.78 is 53.8. The Morgan fingerprint density at radius 1 is 0.939 bits per heavy atom. The quantitative estimate of drug-likeness (QED) is 0.639. The molecule has 2 aromatic carbocycles. The molecule has 1 heterocycles. The highest BCUT2D eigenvalue weighted by Gasteiger charge is 2.31. The first-order valence-corrected chi connectivity index (χ1v) is 13.7. The van der Waals surface area contributed by atoms with E-state index in [4.69, 9.17) is 0 Å². The molecule has 0 bridgehead atoms. The molecule has 0 aliphatic carbocycles. The van der Waals surface area contributed by atoms with Crippen LogP contribution in [0.3, 0.4) is 0 Å². The summed E-state index contributed by atoms with van der Waals surface area (Å²) in [7, 11) is -6.08. The number of likely N-dealkylation sites (N-methyl/N-ethyl adjacent to an activating group) is 1. The predicted octanol–water partition coefficient (Wildman–Crippen LogP) is 2.92. The van der Waals surface area contributed by atoms with E-state index >= 15 is 0 Å². The Balaban J connectivity index is 1.64. The number of carbonyl (C=O) groups is 1. The van der Waals surface area contributed by atoms with Crippen LogP contribution in [-0.2, 0) is 24.8 Å². The molecule has 8 nitrogen and oxygen atoms in total. The summed E-state index contributed by atoms with van der Waals surface area (Å²) in [5.41, 5.74) is 1.32. The summed E-state index contributed by atoms with van der Waals surface area (Å²) in [6.45, 7) is 6.57. The summed E-state index contributed by atoms with van der Waals surface area (Å²) in [4.78, 5) is 12.7. The third-order valence-electron chi connectivity index (χ3n) is 5.71. The number of aryl methyl sites for hydroxylation is 1. The monoisotopic (exact) mass is 493 g/mol. The van der Waals surface area contributed by atoms with Crippen molar-refractivity contribution in [2.75, 3.05) is 32.0 Å². The van der Waals surface area contributed by atoms with Gasteiger partial charge in [0.15, 0.2) is 0 Å². The van der Waals surface area contributed by atoms with E-state index in [-0.39, 0.29) is 16.3 Å². The molecule has 1 amide bonds. The zero-order chi connectivity index (χ0) is 24.4. The molecule has 33 heavy (non-hydrogen) atoms. The smallest absolute Gasteiger partial charge is 0.243 e. The lowest BCUT2D eigenvalue weighted by atomic mass is 9.94. The second-order valence-electron chi connectivity index (χ2n) is 8.91. The third kappa shape index (κ3) is 6.00. The summed E-state index contributed by atoms with van der Waals surface area (Å²) in [6, 6.07) is 12.3. The second kappa shape index (κ2) is 9.92. The lowest BCUT2D eigenvalue weighted by molar-refractivity contribution is -0.116. The van der Waals surface area contributed by atoms with Crippen LogP contribution in [0, 0.1) is 18.8 Å². The number of sulfonamides is 2. The summed E-state index contributed by atoms with van der Waals surface area (Å²) in [5, 5.41) is 2.62. The van der Waals surface area contributed by atoms with Gasteiger partial charge in [-0.2, -0.15) is 8.61 Å². The lowest BCUT2D eigenvalue weighted by Crippen LogP contribution is -2.42. The lowest BCUT2D eigenvalue weighted by Gasteiger charge is -2.34. The molecule has 1 fully saturated rings. The van der Waals surface area contributed by atoms with Crippen molar-refractivity contribution in [1.82, 2.24) is 8.61 Å². The second-order valence-corrected chi connectivity index (χ2v) is 12.9. The Morgan fingerprint density at radius 3 is 2.00 bits per heavy atom. The third-order valence-corrected chi connectivity index (χ3v) is 9.37. The Kier molecular flexibility index (Phi) is 7.62. The SMILES string of the molecule is Cc1ccc(S(=O)(=O)N(C)CC(=O)Nc2ccc(S(=O)(=O)N3C[C@@H](C)C[C@H](C)C3)cc2)cc1. The predicted molar refractivity (Wildman–Crippen MR) is 128 cm³/mol. The fourth-order valence-electron chi connectivity index (χ4n) is 4.04. The number of hydrogen-bond acceptors (Lipinski definition) is 5. The Labute approximate surface area is 196 Å². The van der Waals surface area contributed by atoms with E-state index in [9.17, 15) is 21.6 Å². The van der Waals surface area contributed by atoms with Gasteiger partial charge in [-0.1, -0.05) is 31.5 Å². The molecule has 2 atom stereocenters. The number of nitrogens with zero attached hydrogens (tertiary/aromatic N) is 2. The number of rotatable bonds is 7. The fraction of sp³-hybridized carbons (Fsp3) is 0.435. The first kappa shape index (κ1) is 25.4. The minimum Gasteiger partial charge on any atom is -0.325 e. The minimum atomic E-state index is -3.80. The molecular formula is C23H31N3O5S2. The zero-order valence-electron chi connectivity index (χ0n) is 19.4. The molecule has 3 rings (SSSR count). The minimum absolute atomic E-state index is 0.110. The van der Waals surface area contributed by atoms with Gasteiger partial charge >= 0.3 is 0 Å². The molecule has 0 saturated carbocycles. The van der Waals surface area contributed by atoms with Gasteiger partial charge < -0.3 is 5.32 Å². The van der Waals surface area contributed by atoms with Gasteiger partial charge in [-0.3, -0.25) is 4.79 Å². The van der Waals surface area contributed by atoms with Crippen molar-refractivity contribution >= 4 is 31.6 Å². The van der Waals surface area contributed by atoms with Gasteiger partial charge in [0.2, 0.25) is 26.0 Å². The van der Waals surface area contributed by atoms with E-state index in [1.165, 1.54) is 47.8 Å². The van der Waals surface area contributed by atoms with E-state index in [0.717, 1.165) is 16.3 Å². The number of hydrogen-bond donors (Lipinski definition) is 1. The van der Waals surface area contributed by atoms with E-state index in [0.29, 0.717) is 30.6 Å². The van der Waals surface area contributed by atoms with E-state index in [1.807, 2.05) is 20.8 Å². The van der Waals surface area contributed by atoms with Crippen LogP contribution in [0.25, 0.3) is 0 Å². The number of nitrogens with one attached hydrogen (secondary N) is 1. The maximum atomic E-state index is 13.0. The van der Waals surface area contributed by atoms with Gasteiger partial charge in [0.25, 0.3) is 0 Å². The van der Waals surface area contributed by atoms with E-state index in [2.05, 4.69) is 5.32 Å². The molecule has 1 aliphatic heterocycles. The van der Waals surface area contributed by atoms with Crippen LogP contribution in [0.2, 0.25) is 0 Å². The highest BCUT2D eigenvalue weighted by molar-refractivity contribution is 7.89. The Hall–Kier alpha value is -2.27. The van der Waals surface area contributed by atoms with Crippen LogP contribution in [-0.4, -0.2) is 58.0 Å². The van der Waals surface area contributed by atoms with Gasteiger partial charge in [0.05, 0.1) is 16.3 Å². The molecule has 10 heteroatoms. The van der Waals surface area contributed by atoms with Gasteiger partial charge in [-0.15, -0.1) is 0 Å². The van der Waals surface area contributed by atoms with E-state index in [1.54, 1.807) is 12.1 Å². The van der Waals surface area contributed by atoms with Crippen LogP contribution in [0.5, 0.6) is 0 Å². The topological polar surface area (TPSA) is 104 Å². The number of carbonyl (C=O) groups excluding carboxylic acids is 1. The first-order chi connectivity index (χ1) is 15.4. The molecule has 0 radical (unpaired) electrons. The molecule has 1 aliphatic rings. The van der Waals surface area contributed by atoms with Crippen molar-refractivity contribution < 1.29 is 21.6 Å². The molecule has 180 valence electrons. The van der Waals surface area contributed by atoms with Crippen LogP contribution < -0.4 is 5.32 Å². The van der Waals surface area contributed by atoms with Crippen molar-refractivity contribution in [2.24, 2.45) is 11.8 Å². The summed E-state index contributed by atoms with van der Waals surface area (Å²) in [5.74, 6) is 0.0769. The van der Waals surface area contributed by atoms with Crippen molar-refractivity contribution in [2.45, 2.75) is 37.0 Å². The van der Waals surface area contributed by atoms with Crippen molar-refractivity contribution in [1.29, 1.82) is 0 Å². The van der Waals surface area contributed by atoms with Crippen molar-refractivity contribution in [3.8, 4) is 0 Å². The van der Waals surface area contributed by atoms with Crippen molar-refractivity contribution in [3.63, 3.8) is 0 Å². The molecule has 0 spiro atoms. The summed E-state index contributed by atoms with van der Waals surface area (Å²) in [6.07, 6.45) is 1.01. The molecule has 2 aromatic rings. The summed E-state index contributed by atoms with van der Waals surface area (Å²) >= 11 is 0. The van der Waals surface area contributed by atoms with Crippen molar-refractivity contribution in [3.05, 3.63) is 54.1 Å². The Morgan fingerprint density at radius 2 is 1.45 bits per heavy atom. The van der Waals surface area contributed by atoms with Crippen LogP contribution in [0.1, 0.15) is 25.8 Å². The molecule has 0 unspecified atom stereocenters. The highest BCUT2D eigenvalue weighted by Crippen LogP contribution is 2.27. The van der Waals surface area contributed by atoms with Gasteiger partial charge in [-0.05, 0) is 61.6 Å². The molecule has 1 saturated heterocycles. The fourth-order valence-corrected chi connectivity index (χ4v) is 6.85. The van der Waals surface area contributed by atoms with Gasteiger partial charge in [-0.25, -0.2) is 16.8 Å². The molecule has 1 N–H and O–H groups in total. The van der Waals surface area contributed by atoms with Gasteiger partial charge in [0.1, 0.15) is 0 Å². The number of anilines is 1. The maximum absolute atomic E-state index is 13.0. The average molecular weight is 494 g/mol. The normalized spacial score (nSPS) is 20.0. The van der Waals surface area contributed by atoms with E-state index < -0.39 is 26.0 Å². The molecule has 0 aromatic heterocycles. The number of piperidine rings is 1. The first-order valence-electron chi connectivity index (χ1n) is 10.8. The van der Waals surface area contributed by atoms with Crippen LogP contribution >= 0.6 is 0 Å². The largest absolute Gasteiger partial charge is 0.325 e. The number of amides is 1.